The SMILES string of the molecule is CCc1ccc(S(=O)(=O)NC2CCc3c(c4ccccc4n3C)C2)cc1. The zero-order valence-electron chi connectivity index (χ0n) is 15.2. The second-order valence-corrected chi connectivity index (χ2v) is 8.77. The Kier molecular flexibility index (Phi) is 4.37. The number of nitrogens with one attached hydrogen (secondary N) is 1. The van der Waals surface area contributed by atoms with Gasteiger partial charge < -0.3 is 4.57 Å². The molecule has 0 bridgehead atoms. The van der Waals surface area contributed by atoms with Gasteiger partial charge in [0, 0.05) is 29.7 Å². The Morgan fingerprint density at radius 2 is 1.85 bits per heavy atom. The average molecular weight is 369 g/mol. The van der Waals surface area contributed by atoms with E-state index in [1.165, 1.54) is 22.2 Å². The molecule has 26 heavy (non-hydrogen) atoms. The summed E-state index contributed by atoms with van der Waals surface area (Å²) in [6.07, 6.45) is 3.36. The molecule has 0 radical (unpaired) electrons. The van der Waals surface area contributed by atoms with Crippen LogP contribution in [0.5, 0.6) is 0 Å². The molecule has 1 N–H and O–H groups in total. The molecule has 0 aliphatic heterocycles. The van der Waals surface area contributed by atoms with Crippen LogP contribution in [0, 0.1) is 0 Å². The lowest BCUT2D eigenvalue weighted by molar-refractivity contribution is 0.501. The third kappa shape index (κ3) is 2.95. The molecule has 0 saturated heterocycles. The number of sulfonamides is 1. The molecule has 1 aromatic heterocycles. The monoisotopic (exact) mass is 368 g/mol. The summed E-state index contributed by atoms with van der Waals surface area (Å²) in [6, 6.07) is 15.5. The van der Waals surface area contributed by atoms with Gasteiger partial charge in [-0.2, -0.15) is 0 Å². The molecule has 1 heterocycles. The van der Waals surface area contributed by atoms with Gasteiger partial charge in [-0.15, -0.1) is 0 Å². The lowest BCUT2D eigenvalue weighted by atomic mass is 9.92. The van der Waals surface area contributed by atoms with E-state index in [9.17, 15) is 8.42 Å². The summed E-state index contributed by atoms with van der Waals surface area (Å²) < 4.78 is 30.7. The van der Waals surface area contributed by atoms with E-state index < -0.39 is 10.0 Å². The first-order valence-corrected chi connectivity index (χ1v) is 10.6. The Morgan fingerprint density at radius 1 is 1.12 bits per heavy atom. The molecular weight excluding hydrogens is 344 g/mol. The maximum atomic E-state index is 12.8. The van der Waals surface area contributed by atoms with Crippen molar-refractivity contribution in [1.29, 1.82) is 0 Å². The standard InChI is InChI=1S/C21H24N2O2S/c1-3-15-8-11-17(12-9-15)26(24,25)22-16-10-13-21-19(14-16)18-6-4-5-7-20(18)23(21)2/h4-9,11-12,16,22H,3,10,13-14H2,1-2H3. The van der Waals surface area contributed by atoms with Gasteiger partial charge in [0.05, 0.1) is 4.90 Å². The Hall–Kier alpha value is -2.11. The van der Waals surface area contributed by atoms with Gasteiger partial charge in [-0.3, -0.25) is 0 Å². The van der Waals surface area contributed by atoms with Crippen LogP contribution in [0.1, 0.15) is 30.2 Å². The number of fused-ring (bicyclic) bond motifs is 3. The number of hydrogen-bond acceptors (Lipinski definition) is 2. The summed E-state index contributed by atoms with van der Waals surface area (Å²) in [5.74, 6) is 0. The lowest BCUT2D eigenvalue weighted by Gasteiger charge is -2.24. The number of para-hydroxylation sites is 1. The van der Waals surface area contributed by atoms with Crippen LogP contribution in [0.15, 0.2) is 53.4 Å². The van der Waals surface area contributed by atoms with Crippen molar-refractivity contribution in [3.05, 3.63) is 65.4 Å². The van der Waals surface area contributed by atoms with Gasteiger partial charge in [-0.25, -0.2) is 13.1 Å². The summed E-state index contributed by atoms with van der Waals surface area (Å²) in [5, 5.41) is 1.24. The lowest BCUT2D eigenvalue weighted by Crippen LogP contribution is -2.38. The first-order chi connectivity index (χ1) is 12.5. The third-order valence-corrected chi connectivity index (χ3v) is 7.02. The third-order valence-electron chi connectivity index (χ3n) is 5.49. The highest BCUT2D eigenvalue weighted by Crippen LogP contribution is 2.31. The molecule has 136 valence electrons. The van der Waals surface area contributed by atoms with Crippen LogP contribution >= 0.6 is 0 Å². The average Bonchev–Trinajstić information content (AvgIpc) is 2.94. The van der Waals surface area contributed by atoms with Gasteiger partial charge in [0.2, 0.25) is 10.0 Å². The number of benzene rings is 2. The zero-order chi connectivity index (χ0) is 18.3. The number of aryl methyl sites for hydroxylation is 2. The molecule has 2 aromatic carbocycles. The normalized spacial score (nSPS) is 17.4. The van der Waals surface area contributed by atoms with Gasteiger partial charge in [-0.1, -0.05) is 37.3 Å². The fourth-order valence-electron chi connectivity index (χ4n) is 4.02. The summed E-state index contributed by atoms with van der Waals surface area (Å²) in [4.78, 5) is 0.346. The molecule has 4 nitrogen and oxygen atoms in total. The van der Waals surface area contributed by atoms with Crippen LogP contribution in [0.4, 0.5) is 0 Å². The van der Waals surface area contributed by atoms with Crippen molar-refractivity contribution in [2.45, 2.75) is 43.5 Å². The molecule has 0 saturated carbocycles. The summed E-state index contributed by atoms with van der Waals surface area (Å²) in [6.45, 7) is 2.06. The Labute approximate surface area is 154 Å². The van der Waals surface area contributed by atoms with E-state index >= 15 is 0 Å². The van der Waals surface area contributed by atoms with E-state index in [1.54, 1.807) is 12.1 Å². The van der Waals surface area contributed by atoms with Gasteiger partial charge in [0.15, 0.2) is 0 Å². The van der Waals surface area contributed by atoms with Crippen molar-refractivity contribution in [3.63, 3.8) is 0 Å². The van der Waals surface area contributed by atoms with E-state index in [0.29, 0.717) is 4.90 Å². The molecule has 1 unspecified atom stereocenters. The Balaban J connectivity index is 1.60. The first kappa shape index (κ1) is 17.3. The minimum absolute atomic E-state index is 0.0656. The van der Waals surface area contributed by atoms with Crippen LogP contribution < -0.4 is 4.72 Å². The molecule has 5 heteroatoms. The van der Waals surface area contributed by atoms with E-state index in [4.69, 9.17) is 0 Å². The van der Waals surface area contributed by atoms with Gasteiger partial charge in [-0.05, 0) is 55.0 Å². The maximum Gasteiger partial charge on any atom is 0.240 e. The molecule has 1 atom stereocenters. The Morgan fingerprint density at radius 3 is 2.58 bits per heavy atom. The van der Waals surface area contributed by atoms with Crippen molar-refractivity contribution >= 4 is 20.9 Å². The van der Waals surface area contributed by atoms with Gasteiger partial charge >= 0.3 is 0 Å². The summed E-state index contributed by atoms with van der Waals surface area (Å²) in [5.41, 5.74) is 4.97. The maximum absolute atomic E-state index is 12.8. The fourth-order valence-corrected chi connectivity index (χ4v) is 5.29. The van der Waals surface area contributed by atoms with Crippen LogP contribution in [-0.2, 0) is 36.3 Å². The van der Waals surface area contributed by atoms with Crippen LogP contribution in [0.2, 0.25) is 0 Å². The molecule has 4 rings (SSSR count). The highest BCUT2D eigenvalue weighted by Gasteiger charge is 2.27. The molecule has 0 amide bonds. The Bertz CT molecular complexity index is 1050. The highest BCUT2D eigenvalue weighted by molar-refractivity contribution is 7.89. The molecular formula is C21H24N2O2S. The summed E-state index contributed by atoms with van der Waals surface area (Å²) >= 11 is 0. The van der Waals surface area contributed by atoms with Crippen molar-refractivity contribution < 1.29 is 8.42 Å². The van der Waals surface area contributed by atoms with E-state index in [1.807, 2.05) is 24.3 Å². The zero-order valence-corrected chi connectivity index (χ0v) is 16.0. The van der Waals surface area contributed by atoms with E-state index in [-0.39, 0.29) is 6.04 Å². The van der Waals surface area contributed by atoms with Crippen molar-refractivity contribution in [1.82, 2.24) is 9.29 Å². The highest BCUT2D eigenvalue weighted by atomic mass is 32.2. The second-order valence-electron chi connectivity index (χ2n) is 7.06. The number of hydrogen-bond donors (Lipinski definition) is 1. The number of nitrogens with zero attached hydrogens (tertiary/aromatic N) is 1. The first-order valence-electron chi connectivity index (χ1n) is 9.16. The van der Waals surface area contributed by atoms with Crippen molar-refractivity contribution in [3.8, 4) is 0 Å². The second kappa shape index (κ2) is 6.56. The molecule has 3 aromatic rings. The topological polar surface area (TPSA) is 51.1 Å². The van der Waals surface area contributed by atoms with Crippen LogP contribution in [0.3, 0.4) is 0 Å². The smallest absolute Gasteiger partial charge is 0.240 e. The minimum atomic E-state index is -3.49. The largest absolute Gasteiger partial charge is 0.347 e. The predicted octanol–water partition coefficient (Wildman–Crippen LogP) is 3.58. The number of rotatable bonds is 4. The number of aromatic nitrogens is 1. The van der Waals surface area contributed by atoms with E-state index in [2.05, 4.69) is 35.4 Å². The molecule has 0 fully saturated rings. The molecule has 1 aliphatic carbocycles. The van der Waals surface area contributed by atoms with Crippen LogP contribution in [-0.4, -0.2) is 19.0 Å². The van der Waals surface area contributed by atoms with Crippen molar-refractivity contribution in [2.24, 2.45) is 7.05 Å². The predicted molar refractivity (Wildman–Crippen MR) is 105 cm³/mol. The minimum Gasteiger partial charge on any atom is -0.347 e. The van der Waals surface area contributed by atoms with Crippen LogP contribution in [0.25, 0.3) is 10.9 Å². The van der Waals surface area contributed by atoms with E-state index in [0.717, 1.165) is 31.2 Å². The quantitative estimate of drug-likeness (QED) is 0.765. The molecule has 1 aliphatic rings. The van der Waals surface area contributed by atoms with Crippen molar-refractivity contribution in [2.75, 3.05) is 0 Å². The fraction of sp³-hybridized carbons (Fsp3) is 0.333. The van der Waals surface area contributed by atoms with Gasteiger partial charge in [0.25, 0.3) is 0 Å². The summed E-state index contributed by atoms with van der Waals surface area (Å²) in [7, 11) is -1.39. The van der Waals surface area contributed by atoms with Gasteiger partial charge in [0.1, 0.15) is 0 Å². The molecule has 0 spiro atoms.